The van der Waals surface area contributed by atoms with Gasteiger partial charge in [-0.15, -0.1) is 0 Å². The van der Waals surface area contributed by atoms with Crippen molar-refractivity contribution in [2.24, 2.45) is 11.7 Å². The molecule has 1 aromatic carbocycles. The number of piperidine rings is 1. The molecule has 1 fully saturated rings. The minimum absolute atomic E-state index is 0.413. The van der Waals surface area contributed by atoms with Gasteiger partial charge in [0.25, 0.3) is 5.91 Å². The van der Waals surface area contributed by atoms with Crippen LogP contribution in [0.25, 0.3) is 0 Å². The second-order valence-electron chi connectivity index (χ2n) is 5.10. The summed E-state index contributed by atoms with van der Waals surface area (Å²) in [5.74, 6) is 0.231. The molecule has 4 nitrogen and oxygen atoms in total. The monoisotopic (exact) mass is 281 g/mol. The Morgan fingerprint density at radius 2 is 2.16 bits per heavy atom. The molecular weight excluding hydrogens is 262 g/mol. The van der Waals surface area contributed by atoms with Crippen LogP contribution in [0.4, 0.5) is 5.69 Å². The molecule has 0 aromatic heterocycles. The van der Waals surface area contributed by atoms with Gasteiger partial charge in [0.15, 0.2) is 0 Å². The number of benzene rings is 1. The van der Waals surface area contributed by atoms with Crippen LogP contribution in [0, 0.1) is 5.92 Å². The van der Waals surface area contributed by atoms with E-state index in [0.29, 0.717) is 16.5 Å². The minimum atomic E-state index is -0.413. The van der Waals surface area contributed by atoms with E-state index in [9.17, 15) is 4.79 Å². The molecule has 0 atom stereocenters. The fraction of sp³-hybridized carbons (Fsp3) is 0.500. The van der Waals surface area contributed by atoms with Gasteiger partial charge in [0.2, 0.25) is 0 Å². The Morgan fingerprint density at radius 3 is 2.79 bits per heavy atom. The van der Waals surface area contributed by atoms with Gasteiger partial charge >= 0.3 is 0 Å². The lowest BCUT2D eigenvalue weighted by molar-refractivity contribution is 0.100. The SMILES string of the molecule is CN(CC1CCNCC1)c1cc(Cl)ccc1C(N)=O. The van der Waals surface area contributed by atoms with Crippen molar-refractivity contribution in [2.45, 2.75) is 12.8 Å². The molecule has 1 amide bonds. The first kappa shape index (κ1) is 14.2. The topological polar surface area (TPSA) is 58.4 Å². The molecule has 0 saturated carbocycles. The number of halogens is 1. The van der Waals surface area contributed by atoms with Gasteiger partial charge in [0.1, 0.15) is 0 Å². The molecule has 1 heterocycles. The summed E-state index contributed by atoms with van der Waals surface area (Å²) in [5.41, 5.74) is 6.76. The number of hydrogen-bond acceptors (Lipinski definition) is 3. The number of nitrogens with one attached hydrogen (secondary N) is 1. The maximum absolute atomic E-state index is 11.5. The van der Waals surface area contributed by atoms with E-state index >= 15 is 0 Å². The zero-order valence-electron chi connectivity index (χ0n) is 11.2. The highest BCUT2D eigenvalue weighted by Gasteiger charge is 2.18. The highest BCUT2D eigenvalue weighted by atomic mass is 35.5. The molecule has 19 heavy (non-hydrogen) atoms. The largest absolute Gasteiger partial charge is 0.374 e. The molecule has 0 aliphatic carbocycles. The maximum atomic E-state index is 11.5. The van der Waals surface area contributed by atoms with Crippen LogP contribution in [0.2, 0.25) is 5.02 Å². The predicted octanol–water partition coefficient (Wildman–Crippen LogP) is 1.87. The fourth-order valence-corrected chi connectivity index (χ4v) is 2.75. The van der Waals surface area contributed by atoms with Crippen molar-refractivity contribution in [3.63, 3.8) is 0 Å². The first-order valence-electron chi connectivity index (χ1n) is 6.59. The normalized spacial score (nSPS) is 16.3. The number of rotatable bonds is 4. The first-order chi connectivity index (χ1) is 9.08. The number of anilines is 1. The lowest BCUT2D eigenvalue weighted by atomic mass is 9.97. The van der Waals surface area contributed by atoms with Crippen molar-refractivity contribution in [1.29, 1.82) is 0 Å². The molecule has 2 rings (SSSR count). The summed E-state index contributed by atoms with van der Waals surface area (Å²) in [7, 11) is 1.99. The predicted molar refractivity (Wildman–Crippen MR) is 78.8 cm³/mol. The van der Waals surface area contributed by atoms with E-state index in [1.54, 1.807) is 12.1 Å². The summed E-state index contributed by atoms with van der Waals surface area (Å²) in [6, 6.07) is 5.20. The molecule has 104 valence electrons. The Labute approximate surface area is 118 Å². The number of carbonyl (C=O) groups excluding carboxylic acids is 1. The highest BCUT2D eigenvalue weighted by molar-refractivity contribution is 6.31. The molecule has 1 aliphatic heterocycles. The molecule has 0 bridgehead atoms. The third kappa shape index (κ3) is 3.61. The number of nitrogens with zero attached hydrogens (tertiary/aromatic N) is 1. The van der Waals surface area contributed by atoms with E-state index in [-0.39, 0.29) is 0 Å². The van der Waals surface area contributed by atoms with Gasteiger partial charge in [-0.3, -0.25) is 4.79 Å². The van der Waals surface area contributed by atoms with Crippen LogP contribution < -0.4 is 16.0 Å². The lowest BCUT2D eigenvalue weighted by Gasteiger charge is -2.29. The smallest absolute Gasteiger partial charge is 0.250 e. The third-order valence-electron chi connectivity index (χ3n) is 3.63. The van der Waals surface area contributed by atoms with Gasteiger partial charge < -0.3 is 16.0 Å². The van der Waals surface area contributed by atoms with E-state index in [0.717, 1.165) is 38.2 Å². The van der Waals surface area contributed by atoms with Crippen LogP contribution in [-0.2, 0) is 0 Å². The molecule has 5 heteroatoms. The third-order valence-corrected chi connectivity index (χ3v) is 3.86. The molecular formula is C14H20ClN3O. The van der Waals surface area contributed by atoms with E-state index in [1.807, 2.05) is 13.1 Å². The van der Waals surface area contributed by atoms with E-state index in [4.69, 9.17) is 17.3 Å². The summed E-state index contributed by atoms with van der Waals surface area (Å²) >= 11 is 6.02. The van der Waals surface area contributed by atoms with Crippen LogP contribution >= 0.6 is 11.6 Å². The van der Waals surface area contributed by atoms with Crippen LogP contribution in [-0.4, -0.2) is 32.6 Å². The zero-order chi connectivity index (χ0) is 13.8. The average Bonchev–Trinajstić information content (AvgIpc) is 2.39. The van der Waals surface area contributed by atoms with Gasteiger partial charge in [-0.05, 0) is 50.0 Å². The summed E-state index contributed by atoms with van der Waals surface area (Å²) in [6.07, 6.45) is 2.33. The first-order valence-corrected chi connectivity index (χ1v) is 6.97. The molecule has 0 spiro atoms. The maximum Gasteiger partial charge on any atom is 0.250 e. The average molecular weight is 282 g/mol. The zero-order valence-corrected chi connectivity index (χ0v) is 11.9. The van der Waals surface area contributed by atoms with E-state index < -0.39 is 5.91 Å². The van der Waals surface area contributed by atoms with Crippen molar-refractivity contribution in [2.75, 3.05) is 31.6 Å². The highest BCUT2D eigenvalue weighted by Crippen LogP contribution is 2.25. The van der Waals surface area contributed by atoms with Crippen LogP contribution in [0.1, 0.15) is 23.2 Å². The van der Waals surface area contributed by atoms with Crippen LogP contribution in [0.3, 0.4) is 0 Å². The van der Waals surface area contributed by atoms with Crippen molar-refractivity contribution in [1.82, 2.24) is 5.32 Å². The van der Waals surface area contributed by atoms with Gasteiger partial charge in [-0.1, -0.05) is 11.6 Å². The number of nitrogens with two attached hydrogens (primary N) is 1. The van der Waals surface area contributed by atoms with E-state index in [2.05, 4.69) is 10.2 Å². The van der Waals surface area contributed by atoms with Gasteiger partial charge in [-0.2, -0.15) is 0 Å². The number of carbonyl (C=O) groups is 1. The Hall–Kier alpha value is -1.26. The van der Waals surface area contributed by atoms with Gasteiger partial charge in [-0.25, -0.2) is 0 Å². The number of primary amides is 1. The quantitative estimate of drug-likeness (QED) is 0.886. The van der Waals surface area contributed by atoms with Crippen LogP contribution in [0.15, 0.2) is 18.2 Å². The summed E-state index contributed by atoms with van der Waals surface area (Å²) < 4.78 is 0. The second kappa shape index (κ2) is 6.26. The Bertz CT molecular complexity index is 458. The second-order valence-corrected chi connectivity index (χ2v) is 5.54. The molecule has 0 radical (unpaired) electrons. The Kier molecular flexibility index (Phi) is 4.66. The van der Waals surface area contributed by atoms with Crippen molar-refractivity contribution in [3.8, 4) is 0 Å². The van der Waals surface area contributed by atoms with Crippen LogP contribution in [0.5, 0.6) is 0 Å². The Morgan fingerprint density at radius 1 is 1.47 bits per heavy atom. The van der Waals surface area contributed by atoms with E-state index in [1.165, 1.54) is 0 Å². The van der Waals surface area contributed by atoms with Crippen molar-refractivity contribution in [3.05, 3.63) is 28.8 Å². The molecule has 0 unspecified atom stereocenters. The summed E-state index contributed by atoms with van der Waals surface area (Å²) in [6.45, 7) is 3.05. The minimum Gasteiger partial charge on any atom is -0.374 e. The van der Waals surface area contributed by atoms with Gasteiger partial charge in [0.05, 0.1) is 11.3 Å². The molecule has 1 aliphatic rings. The number of hydrogen-bond donors (Lipinski definition) is 2. The van der Waals surface area contributed by atoms with Crippen molar-refractivity contribution < 1.29 is 4.79 Å². The van der Waals surface area contributed by atoms with Crippen molar-refractivity contribution >= 4 is 23.2 Å². The Balaban J connectivity index is 2.14. The standard InChI is InChI=1S/C14H20ClN3O/c1-18(9-10-4-6-17-7-5-10)13-8-11(15)2-3-12(13)14(16)19/h2-3,8,10,17H,4-7,9H2,1H3,(H2,16,19). The lowest BCUT2D eigenvalue weighted by Crippen LogP contribution is -2.35. The number of amides is 1. The molecule has 1 saturated heterocycles. The molecule has 1 aromatic rings. The molecule has 3 N–H and O–H groups in total. The summed E-state index contributed by atoms with van der Waals surface area (Å²) in [4.78, 5) is 13.6. The van der Waals surface area contributed by atoms with Gasteiger partial charge in [0, 0.05) is 18.6 Å². The fourth-order valence-electron chi connectivity index (χ4n) is 2.58. The summed E-state index contributed by atoms with van der Waals surface area (Å²) in [5, 5.41) is 3.98.